The van der Waals surface area contributed by atoms with Gasteiger partial charge in [-0.1, -0.05) is 30.7 Å². The van der Waals surface area contributed by atoms with Gasteiger partial charge in [-0.05, 0) is 44.8 Å². The fourth-order valence-corrected chi connectivity index (χ4v) is 2.80. The van der Waals surface area contributed by atoms with Crippen molar-refractivity contribution in [1.29, 1.82) is 0 Å². The fraction of sp³-hybridized carbons (Fsp3) is 0.500. The van der Waals surface area contributed by atoms with E-state index >= 15 is 0 Å². The average Bonchev–Trinajstić information content (AvgIpc) is 3.31. The van der Waals surface area contributed by atoms with Gasteiger partial charge in [0, 0.05) is 0 Å². The zero-order valence-electron chi connectivity index (χ0n) is 17.5. The van der Waals surface area contributed by atoms with Crippen molar-refractivity contribution in [2.45, 2.75) is 45.8 Å². The molecule has 3 atom stereocenters. The van der Waals surface area contributed by atoms with Crippen molar-refractivity contribution in [3.05, 3.63) is 59.6 Å². The van der Waals surface area contributed by atoms with Gasteiger partial charge in [0.2, 0.25) is 0 Å². The highest BCUT2D eigenvalue weighted by molar-refractivity contribution is 5.83. The summed E-state index contributed by atoms with van der Waals surface area (Å²) in [6.45, 7) is 12.2. The molecule has 1 fully saturated rings. The largest absolute Gasteiger partial charge is 0.493 e. The molecule has 0 aromatic heterocycles. The van der Waals surface area contributed by atoms with Gasteiger partial charge in [0.1, 0.15) is 6.10 Å². The summed E-state index contributed by atoms with van der Waals surface area (Å²) in [4.78, 5) is 11.4. The highest BCUT2D eigenvalue weighted by atomic mass is 16.6. The predicted octanol–water partition coefficient (Wildman–Crippen LogP) is 4.48. The molecule has 1 rings (SSSR count). The molecule has 0 N–H and O–H groups in total. The molecule has 0 aromatic carbocycles. The number of carbonyl (C=O) groups excluding carboxylic acids is 1. The van der Waals surface area contributed by atoms with Crippen LogP contribution in [0.2, 0.25) is 0 Å². The van der Waals surface area contributed by atoms with Gasteiger partial charge in [-0.25, -0.2) is 4.79 Å². The number of esters is 1. The molecule has 0 spiro atoms. The van der Waals surface area contributed by atoms with E-state index in [2.05, 4.69) is 38.2 Å². The number of hydrogen-bond donors (Lipinski definition) is 0. The highest BCUT2D eigenvalue weighted by Crippen LogP contribution is 2.43. The lowest BCUT2D eigenvalue weighted by Crippen LogP contribution is -2.14. The molecule has 0 amide bonds. The summed E-state index contributed by atoms with van der Waals surface area (Å²) in [5, 5.41) is 0. The number of carbonyl (C=O) groups is 1. The second-order valence-electron chi connectivity index (χ2n) is 6.96. The van der Waals surface area contributed by atoms with E-state index < -0.39 is 5.97 Å². The van der Waals surface area contributed by atoms with Crippen molar-refractivity contribution in [2.75, 3.05) is 21.3 Å². The Morgan fingerprint density at radius 2 is 1.70 bits per heavy atom. The molecule has 150 valence electrons. The van der Waals surface area contributed by atoms with Crippen molar-refractivity contribution >= 4 is 5.97 Å². The number of allylic oxidation sites excluding steroid dienone is 5. The Hall–Kier alpha value is -2.27. The Kier molecular flexibility index (Phi) is 8.57. The van der Waals surface area contributed by atoms with Crippen molar-refractivity contribution in [3.63, 3.8) is 0 Å². The van der Waals surface area contributed by atoms with E-state index in [0.717, 1.165) is 12.0 Å². The maximum absolute atomic E-state index is 11.4. The number of ether oxygens (including phenoxy) is 4. The van der Waals surface area contributed by atoms with Gasteiger partial charge >= 0.3 is 5.97 Å². The smallest absolute Gasteiger partial charge is 0.334 e. The van der Waals surface area contributed by atoms with Crippen molar-refractivity contribution in [2.24, 2.45) is 5.92 Å². The molecule has 5 heteroatoms. The second kappa shape index (κ2) is 10.2. The molecule has 0 radical (unpaired) electrons. The third-order valence-electron chi connectivity index (χ3n) is 4.74. The van der Waals surface area contributed by atoms with Gasteiger partial charge in [-0.15, -0.1) is 6.58 Å². The Balaban J connectivity index is 2.87. The summed E-state index contributed by atoms with van der Waals surface area (Å²) >= 11 is 0. The molecule has 0 bridgehead atoms. The van der Waals surface area contributed by atoms with Crippen LogP contribution < -0.4 is 0 Å². The van der Waals surface area contributed by atoms with Gasteiger partial charge in [-0.2, -0.15) is 0 Å². The molecule has 1 heterocycles. The first-order valence-corrected chi connectivity index (χ1v) is 8.95. The summed E-state index contributed by atoms with van der Waals surface area (Å²) < 4.78 is 20.9. The van der Waals surface area contributed by atoms with Gasteiger partial charge in [0.15, 0.2) is 11.5 Å². The molecule has 1 saturated heterocycles. The summed E-state index contributed by atoms with van der Waals surface area (Å²) in [5.41, 5.74) is 2.13. The summed E-state index contributed by atoms with van der Waals surface area (Å²) in [7, 11) is 4.31. The maximum Gasteiger partial charge on any atom is 0.334 e. The number of rotatable bonds is 10. The van der Waals surface area contributed by atoms with E-state index in [1.165, 1.54) is 33.0 Å². The van der Waals surface area contributed by atoms with Crippen LogP contribution in [0, 0.1) is 5.92 Å². The fourth-order valence-electron chi connectivity index (χ4n) is 2.80. The van der Waals surface area contributed by atoms with E-state index in [1.807, 2.05) is 25.2 Å². The standard InChI is InChI=1S/C22H32O5/c1-9-20-22(5,27-20)14-17(4)16(3)11-10-15(2)12-18(24-6)19(25-7)13-21(23)26-8/h9-13,17,20H,1,14H2,2-8H3/b15-10-,16-11+,18-12-,19-13+. The van der Waals surface area contributed by atoms with Crippen molar-refractivity contribution < 1.29 is 23.7 Å². The molecule has 0 aromatic rings. The molecular weight excluding hydrogens is 344 g/mol. The lowest BCUT2D eigenvalue weighted by Gasteiger charge is -2.15. The van der Waals surface area contributed by atoms with Crippen LogP contribution in [0.25, 0.3) is 0 Å². The minimum Gasteiger partial charge on any atom is -0.493 e. The first-order valence-electron chi connectivity index (χ1n) is 8.95. The van der Waals surface area contributed by atoms with Crippen LogP contribution in [0.1, 0.15) is 34.1 Å². The first kappa shape index (κ1) is 22.8. The quantitative estimate of drug-likeness (QED) is 0.140. The van der Waals surface area contributed by atoms with Crippen LogP contribution >= 0.6 is 0 Å². The molecule has 0 aliphatic carbocycles. The van der Waals surface area contributed by atoms with Gasteiger partial charge in [0.25, 0.3) is 0 Å². The summed E-state index contributed by atoms with van der Waals surface area (Å²) in [5.74, 6) is 0.641. The third kappa shape index (κ3) is 6.75. The highest BCUT2D eigenvalue weighted by Gasteiger charge is 2.50. The molecule has 5 nitrogen and oxygen atoms in total. The Morgan fingerprint density at radius 3 is 2.19 bits per heavy atom. The molecule has 3 unspecified atom stereocenters. The van der Waals surface area contributed by atoms with Crippen LogP contribution in [0.3, 0.4) is 0 Å². The molecular formula is C22H32O5. The van der Waals surface area contributed by atoms with Crippen LogP contribution in [0.5, 0.6) is 0 Å². The monoisotopic (exact) mass is 376 g/mol. The third-order valence-corrected chi connectivity index (χ3v) is 4.74. The second-order valence-corrected chi connectivity index (χ2v) is 6.96. The van der Waals surface area contributed by atoms with Crippen molar-refractivity contribution in [1.82, 2.24) is 0 Å². The van der Waals surface area contributed by atoms with E-state index in [4.69, 9.17) is 14.2 Å². The van der Waals surface area contributed by atoms with Crippen LogP contribution in [-0.2, 0) is 23.7 Å². The van der Waals surface area contributed by atoms with Crippen LogP contribution in [0.15, 0.2) is 59.6 Å². The van der Waals surface area contributed by atoms with E-state index in [-0.39, 0.29) is 11.7 Å². The van der Waals surface area contributed by atoms with E-state index in [1.54, 1.807) is 0 Å². The lowest BCUT2D eigenvalue weighted by molar-refractivity contribution is -0.135. The summed E-state index contributed by atoms with van der Waals surface area (Å²) in [6.07, 6.45) is 10.1. The zero-order chi connectivity index (χ0) is 20.6. The predicted molar refractivity (Wildman–Crippen MR) is 107 cm³/mol. The minimum absolute atomic E-state index is 0.0931. The molecule has 27 heavy (non-hydrogen) atoms. The van der Waals surface area contributed by atoms with Gasteiger partial charge < -0.3 is 18.9 Å². The molecule has 1 aliphatic rings. The Bertz CT molecular complexity index is 668. The number of epoxide rings is 1. The summed E-state index contributed by atoms with van der Waals surface area (Å²) in [6, 6.07) is 0. The van der Waals surface area contributed by atoms with E-state index in [0.29, 0.717) is 17.4 Å². The van der Waals surface area contributed by atoms with Gasteiger partial charge in [-0.3, -0.25) is 0 Å². The zero-order valence-corrected chi connectivity index (χ0v) is 17.5. The van der Waals surface area contributed by atoms with E-state index in [9.17, 15) is 4.79 Å². The van der Waals surface area contributed by atoms with Gasteiger partial charge in [0.05, 0.1) is 33.0 Å². The molecule has 0 saturated carbocycles. The SMILES string of the molecule is C=CC1OC1(C)CC(C)/C(C)=C/C=C(C)\C=C(OC)\C(=C/C(=O)OC)OC. The topological polar surface area (TPSA) is 57.3 Å². The van der Waals surface area contributed by atoms with Crippen molar-refractivity contribution in [3.8, 4) is 0 Å². The minimum atomic E-state index is -0.505. The lowest BCUT2D eigenvalue weighted by atomic mass is 9.89. The normalized spacial score (nSPS) is 24.9. The Labute approximate surface area is 163 Å². The Morgan fingerprint density at radius 1 is 1.11 bits per heavy atom. The average molecular weight is 376 g/mol. The molecule has 1 aliphatic heterocycles. The number of hydrogen-bond acceptors (Lipinski definition) is 5. The van der Waals surface area contributed by atoms with Crippen LogP contribution in [0.4, 0.5) is 0 Å². The maximum atomic E-state index is 11.4. The number of methoxy groups -OCH3 is 3. The first-order chi connectivity index (χ1) is 12.7. The van der Waals surface area contributed by atoms with Crippen LogP contribution in [-0.4, -0.2) is 39.0 Å².